The Morgan fingerprint density at radius 1 is 1.16 bits per heavy atom. The molecule has 2 aromatic carbocycles. The summed E-state index contributed by atoms with van der Waals surface area (Å²) in [5, 5.41) is 3.94. The lowest BCUT2D eigenvalue weighted by Gasteiger charge is -2.08. The number of benzene rings is 2. The summed E-state index contributed by atoms with van der Waals surface area (Å²) in [5.74, 6) is 1.21. The Morgan fingerprint density at radius 3 is 2.68 bits per heavy atom. The predicted octanol–water partition coefficient (Wildman–Crippen LogP) is 2.11. The summed E-state index contributed by atoms with van der Waals surface area (Å²) in [5.41, 5.74) is 10.4. The van der Waals surface area contributed by atoms with Gasteiger partial charge in [0.2, 0.25) is 0 Å². The van der Waals surface area contributed by atoms with Crippen molar-refractivity contribution in [3.63, 3.8) is 0 Å². The molecule has 0 spiro atoms. The zero-order valence-electron chi connectivity index (χ0n) is 10.8. The van der Waals surface area contributed by atoms with Gasteiger partial charge in [-0.1, -0.05) is 42.5 Å². The molecule has 98 valence electrons. The third kappa shape index (κ3) is 3.74. The van der Waals surface area contributed by atoms with Gasteiger partial charge in [0, 0.05) is 12.6 Å². The van der Waals surface area contributed by atoms with Crippen LogP contribution < -0.4 is 15.9 Å². The Morgan fingerprint density at radius 2 is 1.95 bits per heavy atom. The lowest BCUT2D eigenvalue weighted by Crippen LogP contribution is -2.17. The van der Waals surface area contributed by atoms with Gasteiger partial charge < -0.3 is 15.9 Å². The van der Waals surface area contributed by atoms with Gasteiger partial charge in [0.05, 0.1) is 0 Å². The second-order valence-corrected chi connectivity index (χ2v) is 4.02. The molecular weight excluding hydrogens is 238 g/mol. The Bertz CT molecular complexity index is 552. The summed E-state index contributed by atoms with van der Waals surface area (Å²) in [7, 11) is 1.71. The SMILES string of the molecule is CNN=C(N)c1cccc(OCc2ccccc2)c1. The maximum Gasteiger partial charge on any atom is 0.150 e. The number of hydrogen-bond donors (Lipinski definition) is 2. The molecule has 0 aliphatic carbocycles. The molecular formula is C15H17N3O. The Kier molecular flexibility index (Phi) is 4.39. The fourth-order valence-electron chi connectivity index (χ4n) is 1.67. The maximum absolute atomic E-state index is 5.81. The molecule has 0 fully saturated rings. The zero-order chi connectivity index (χ0) is 13.5. The van der Waals surface area contributed by atoms with Crippen molar-refractivity contribution in [1.82, 2.24) is 5.43 Å². The van der Waals surface area contributed by atoms with Gasteiger partial charge in [0.15, 0.2) is 5.84 Å². The van der Waals surface area contributed by atoms with Crippen LogP contribution in [0.1, 0.15) is 11.1 Å². The van der Waals surface area contributed by atoms with E-state index in [1.54, 1.807) is 7.05 Å². The second kappa shape index (κ2) is 6.44. The van der Waals surface area contributed by atoms with Gasteiger partial charge >= 0.3 is 0 Å². The van der Waals surface area contributed by atoms with Crippen molar-refractivity contribution in [2.45, 2.75) is 6.61 Å². The first-order valence-electron chi connectivity index (χ1n) is 6.06. The van der Waals surface area contributed by atoms with Crippen LogP contribution in [0, 0.1) is 0 Å². The van der Waals surface area contributed by atoms with E-state index in [1.165, 1.54) is 0 Å². The highest BCUT2D eigenvalue weighted by Crippen LogP contribution is 2.15. The van der Waals surface area contributed by atoms with E-state index < -0.39 is 0 Å². The first-order valence-corrected chi connectivity index (χ1v) is 6.06. The van der Waals surface area contributed by atoms with Crippen molar-refractivity contribution >= 4 is 5.84 Å². The van der Waals surface area contributed by atoms with Crippen LogP contribution in [0.4, 0.5) is 0 Å². The van der Waals surface area contributed by atoms with Gasteiger partial charge in [0.1, 0.15) is 12.4 Å². The minimum absolute atomic E-state index is 0.438. The number of amidine groups is 1. The van der Waals surface area contributed by atoms with Crippen molar-refractivity contribution in [2.75, 3.05) is 7.05 Å². The molecule has 0 aliphatic rings. The number of hydrazone groups is 1. The molecule has 0 saturated carbocycles. The molecule has 3 N–H and O–H groups in total. The fraction of sp³-hybridized carbons (Fsp3) is 0.133. The summed E-state index contributed by atoms with van der Waals surface area (Å²) >= 11 is 0. The number of ether oxygens (including phenoxy) is 1. The summed E-state index contributed by atoms with van der Waals surface area (Å²) in [6.07, 6.45) is 0. The summed E-state index contributed by atoms with van der Waals surface area (Å²) in [6.45, 7) is 0.535. The average molecular weight is 255 g/mol. The quantitative estimate of drug-likeness (QED) is 0.488. The van der Waals surface area contributed by atoms with Gasteiger partial charge in [-0.2, -0.15) is 5.10 Å². The first kappa shape index (κ1) is 13.0. The average Bonchev–Trinajstić information content (AvgIpc) is 2.47. The van der Waals surface area contributed by atoms with E-state index in [4.69, 9.17) is 10.5 Å². The highest BCUT2D eigenvalue weighted by atomic mass is 16.5. The standard InChI is InChI=1S/C15H17N3O/c1-17-18-15(16)13-8-5-9-14(10-13)19-11-12-6-3-2-4-7-12/h2-10,17H,11H2,1H3,(H2,16,18). The molecule has 0 aliphatic heterocycles. The monoisotopic (exact) mass is 255 g/mol. The molecule has 0 heterocycles. The fourth-order valence-corrected chi connectivity index (χ4v) is 1.67. The topological polar surface area (TPSA) is 59.6 Å². The van der Waals surface area contributed by atoms with Gasteiger partial charge in [-0.3, -0.25) is 0 Å². The van der Waals surface area contributed by atoms with Crippen molar-refractivity contribution < 1.29 is 4.74 Å². The van der Waals surface area contributed by atoms with Crippen molar-refractivity contribution in [3.05, 3.63) is 65.7 Å². The van der Waals surface area contributed by atoms with E-state index in [1.807, 2.05) is 54.6 Å². The van der Waals surface area contributed by atoms with E-state index in [-0.39, 0.29) is 0 Å². The van der Waals surface area contributed by atoms with Gasteiger partial charge in [0.25, 0.3) is 0 Å². The van der Waals surface area contributed by atoms with E-state index in [0.717, 1.165) is 16.9 Å². The highest BCUT2D eigenvalue weighted by Gasteiger charge is 2.01. The number of hydrogen-bond acceptors (Lipinski definition) is 3. The molecule has 0 amide bonds. The summed E-state index contributed by atoms with van der Waals surface area (Å²) in [6, 6.07) is 17.6. The van der Waals surface area contributed by atoms with E-state index in [0.29, 0.717) is 12.4 Å². The molecule has 19 heavy (non-hydrogen) atoms. The number of nitrogens with one attached hydrogen (secondary N) is 1. The van der Waals surface area contributed by atoms with Crippen molar-refractivity contribution in [1.29, 1.82) is 0 Å². The van der Waals surface area contributed by atoms with Crippen LogP contribution in [-0.4, -0.2) is 12.9 Å². The van der Waals surface area contributed by atoms with Crippen LogP contribution in [0.3, 0.4) is 0 Å². The molecule has 2 rings (SSSR count). The third-order valence-corrected chi connectivity index (χ3v) is 2.61. The van der Waals surface area contributed by atoms with Gasteiger partial charge in [-0.05, 0) is 17.7 Å². The van der Waals surface area contributed by atoms with Crippen LogP contribution in [0.25, 0.3) is 0 Å². The smallest absolute Gasteiger partial charge is 0.150 e. The minimum atomic E-state index is 0.438. The van der Waals surface area contributed by atoms with Crippen LogP contribution in [0.2, 0.25) is 0 Å². The summed E-state index contributed by atoms with van der Waals surface area (Å²) < 4.78 is 5.73. The largest absolute Gasteiger partial charge is 0.489 e. The maximum atomic E-state index is 5.81. The van der Waals surface area contributed by atoms with Crippen molar-refractivity contribution in [2.24, 2.45) is 10.8 Å². The molecule has 4 heteroatoms. The predicted molar refractivity (Wildman–Crippen MR) is 77.0 cm³/mol. The third-order valence-electron chi connectivity index (χ3n) is 2.61. The van der Waals surface area contributed by atoms with Crippen LogP contribution in [0.15, 0.2) is 59.7 Å². The normalized spacial score (nSPS) is 11.1. The Balaban J connectivity index is 2.05. The van der Waals surface area contributed by atoms with Crippen molar-refractivity contribution in [3.8, 4) is 5.75 Å². The zero-order valence-corrected chi connectivity index (χ0v) is 10.8. The van der Waals surface area contributed by atoms with Gasteiger partial charge in [-0.25, -0.2) is 0 Å². The molecule has 0 atom stereocenters. The molecule has 2 aromatic rings. The molecule has 4 nitrogen and oxygen atoms in total. The van der Waals surface area contributed by atoms with Crippen LogP contribution in [-0.2, 0) is 6.61 Å². The molecule has 0 unspecified atom stereocenters. The number of rotatable bonds is 5. The Hall–Kier alpha value is -2.49. The van der Waals surface area contributed by atoms with E-state index in [9.17, 15) is 0 Å². The second-order valence-electron chi connectivity index (χ2n) is 4.02. The minimum Gasteiger partial charge on any atom is -0.489 e. The van der Waals surface area contributed by atoms with E-state index in [2.05, 4.69) is 10.5 Å². The number of nitrogens with zero attached hydrogens (tertiary/aromatic N) is 1. The highest BCUT2D eigenvalue weighted by molar-refractivity contribution is 5.97. The first-order chi connectivity index (χ1) is 9.29. The Labute approximate surface area is 112 Å². The summed E-state index contributed by atoms with van der Waals surface area (Å²) in [4.78, 5) is 0. The lowest BCUT2D eigenvalue weighted by molar-refractivity contribution is 0.306. The van der Waals surface area contributed by atoms with Crippen LogP contribution in [0.5, 0.6) is 5.75 Å². The molecule has 0 radical (unpaired) electrons. The molecule has 0 aromatic heterocycles. The lowest BCUT2D eigenvalue weighted by atomic mass is 10.2. The van der Waals surface area contributed by atoms with Crippen LogP contribution >= 0.6 is 0 Å². The molecule has 0 bridgehead atoms. The number of nitrogens with two attached hydrogens (primary N) is 1. The van der Waals surface area contributed by atoms with E-state index >= 15 is 0 Å². The molecule has 0 saturated heterocycles. The van der Waals surface area contributed by atoms with Gasteiger partial charge in [-0.15, -0.1) is 0 Å².